The number of rotatable bonds is 3. The summed E-state index contributed by atoms with van der Waals surface area (Å²) in [6.07, 6.45) is 4.58. The zero-order valence-corrected chi connectivity index (χ0v) is 8.32. The van der Waals surface area contributed by atoms with Crippen LogP contribution in [0.25, 0.3) is 0 Å². The smallest absolute Gasteiger partial charge is 0.320 e. The van der Waals surface area contributed by atoms with E-state index in [1.807, 2.05) is 0 Å². The number of carbonyl (C=O) groups is 1. The second-order valence-corrected chi connectivity index (χ2v) is 3.13. The van der Waals surface area contributed by atoms with Crippen LogP contribution in [-0.2, 0) is 4.79 Å². The van der Waals surface area contributed by atoms with Crippen molar-refractivity contribution in [2.45, 2.75) is 5.92 Å². The van der Waals surface area contributed by atoms with Gasteiger partial charge < -0.3 is 5.11 Å². The quantitative estimate of drug-likeness (QED) is 0.829. The molecule has 1 atom stereocenters. The maximum atomic E-state index is 11.2. The average Bonchev–Trinajstić information content (AvgIpc) is 2.31. The molecule has 0 aliphatic carbocycles. The lowest BCUT2D eigenvalue weighted by atomic mass is 10.0. The van der Waals surface area contributed by atoms with E-state index in [1.165, 1.54) is 12.4 Å². The van der Waals surface area contributed by atoms with Gasteiger partial charge in [-0.2, -0.15) is 0 Å². The van der Waals surface area contributed by atoms with Gasteiger partial charge in [-0.1, -0.05) is 6.07 Å². The first-order valence-electron chi connectivity index (χ1n) is 4.69. The first-order valence-corrected chi connectivity index (χ1v) is 4.69. The third-order valence-electron chi connectivity index (χ3n) is 2.07. The molecule has 0 saturated heterocycles. The normalized spacial score (nSPS) is 12.0. The first kappa shape index (κ1) is 10.2. The van der Waals surface area contributed by atoms with Crippen molar-refractivity contribution in [3.05, 3.63) is 54.4 Å². The van der Waals surface area contributed by atoms with Crippen molar-refractivity contribution in [2.75, 3.05) is 0 Å². The van der Waals surface area contributed by atoms with Gasteiger partial charge in [-0.25, -0.2) is 9.97 Å². The van der Waals surface area contributed by atoms with E-state index >= 15 is 0 Å². The Morgan fingerprint density at radius 2 is 1.75 bits per heavy atom. The van der Waals surface area contributed by atoms with Crippen molar-refractivity contribution in [1.29, 1.82) is 0 Å². The van der Waals surface area contributed by atoms with Crippen LogP contribution in [0.3, 0.4) is 0 Å². The highest BCUT2D eigenvalue weighted by Gasteiger charge is 2.25. The number of hydrogen-bond acceptors (Lipinski definition) is 4. The van der Waals surface area contributed by atoms with Crippen LogP contribution in [0.4, 0.5) is 0 Å². The molecule has 1 N–H and O–H groups in total. The van der Waals surface area contributed by atoms with Gasteiger partial charge in [0, 0.05) is 18.6 Å². The molecule has 0 radical (unpaired) electrons. The van der Waals surface area contributed by atoms with E-state index in [0.29, 0.717) is 5.69 Å². The van der Waals surface area contributed by atoms with E-state index in [-0.39, 0.29) is 5.82 Å². The van der Waals surface area contributed by atoms with Crippen LogP contribution in [0.2, 0.25) is 0 Å². The molecule has 0 fully saturated rings. The number of aliphatic carboxylic acids is 1. The van der Waals surface area contributed by atoms with Gasteiger partial charge in [0.1, 0.15) is 5.82 Å². The molecule has 2 aromatic rings. The van der Waals surface area contributed by atoms with Gasteiger partial charge in [0.2, 0.25) is 0 Å². The summed E-state index contributed by atoms with van der Waals surface area (Å²) in [5.41, 5.74) is 0.432. The van der Waals surface area contributed by atoms with Crippen molar-refractivity contribution < 1.29 is 9.90 Å². The largest absolute Gasteiger partial charge is 0.480 e. The lowest BCUT2D eigenvalue weighted by Crippen LogP contribution is -2.17. The van der Waals surface area contributed by atoms with Crippen molar-refractivity contribution >= 4 is 5.97 Å². The Morgan fingerprint density at radius 1 is 1.06 bits per heavy atom. The van der Waals surface area contributed by atoms with Crippen LogP contribution >= 0.6 is 0 Å². The fourth-order valence-electron chi connectivity index (χ4n) is 1.38. The zero-order chi connectivity index (χ0) is 11.4. The predicted octanol–water partition coefficient (Wildman–Crippen LogP) is 1.09. The Morgan fingerprint density at radius 3 is 2.31 bits per heavy atom. The molecule has 5 heteroatoms. The predicted molar refractivity (Wildman–Crippen MR) is 55.7 cm³/mol. The lowest BCUT2D eigenvalue weighted by molar-refractivity contribution is -0.138. The summed E-state index contributed by atoms with van der Waals surface area (Å²) in [5, 5.41) is 9.16. The van der Waals surface area contributed by atoms with Gasteiger partial charge in [-0.05, 0) is 18.2 Å². The maximum absolute atomic E-state index is 11.2. The fraction of sp³-hybridized carbons (Fsp3) is 0.0909. The molecular weight excluding hydrogens is 206 g/mol. The van der Waals surface area contributed by atoms with Gasteiger partial charge in [-0.15, -0.1) is 0 Å². The molecule has 0 aliphatic rings. The van der Waals surface area contributed by atoms with E-state index < -0.39 is 11.9 Å². The molecule has 2 rings (SSSR count). The van der Waals surface area contributed by atoms with E-state index in [1.54, 1.807) is 30.5 Å². The molecule has 0 aliphatic heterocycles. The molecule has 0 bridgehead atoms. The molecule has 2 aromatic heterocycles. The maximum Gasteiger partial charge on any atom is 0.320 e. The summed E-state index contributed by atoms with van der Waals surface area (Å²) in [5.74, 6) is -1.68. The monoisotopic (exact) mass is 215 g/mol. The molecular formula is C11H9N3O2. The van der Waals surface area contributed by atoms with Gasteiger partial charge in [0.05, 0.1) is 5.69 Å². The minimum absolute atomic E-state index is 0.244. The molecule has 0 amide bonds. The molecule has 0 saturated carbocycles. The lowest BCUT2D eigenvalue weighted by Gasteiger charge is -2.09. The van der Waals surface area contributed by atoms with Gasteiger partial charge >= 0.3 is 5.97 Å². The Labute approximate surface area is 91.8 Å². The van der Waals surface area contributed by atoms with E-state index in [0.717, 1.165) is 0 Å². The summed E-state index contributed by atoms with van der Waals surface area (Å²) in [6, 6.07) is 6.76. The third kappa shape index (κ3) is 2.03. The van der Waals surface area contributed by atoms with Crippen LogP contribution in [0, 0.1) is 0 Å². The van der Waals surface area contributed by atoms with Crippen molar-refractivity contribution in [2.24, 2.45) is 0 Å². The summed E-state index contributed by atoms with van der Waals surface area (Å²) in [7, 11) is 0. The summed E-state index contributed by atoms with van der Waals surface area (Å²) >= 11 is 0. The SMILES string of the molecule is O=C(O)C(c1ccccn1)c1ncccn1. The average molecular weight is 215 g/mol. The van der Waals surface area contributed by atoms with Crippen LogP contribution in [0.1, 0.15) is 17.4 Å². The van der Waals surface area contributed by atoms with E-state index in [2.05, 4.69) is 15.0 Å². The zero-order valence-electron chi connectivity index (χ0n) is 8.32. The molecule has 0 aromatic carbocycles. The number of carboxylic acids is 1. The third-order valence-corrected chi connectivity index (χ3v) is 2.07. The standard InChI is InChI=1S/C11H9N3O2/c15-11(16)9(8-4-1-2-5-12-8)10-13-6-3-7-14-10/h1-7,9H,(H,15,16). The highest BCUT2D eigenvalue weighted by Crippen LogP contribution is 2.18. The molecule has 5 nitrogen and oxygen atoms in total. The molecule has 1 unspecified atom stereocenters. The van der Waals surface area contributed by atoms with Crippen LogP contribution < -0.4 is 0 Å². The summed E-state index contributed by atoms with van der Waals surface area (Å²) in [4.78, 5) is 23.1. The summed E-state index contributed by atoms with van der Waals surface area (Å²) < 4.78 is 0. The number of pyridine rings is 1. The Bertz CT molecular complexity index is 434. The highest BCUT2D eigenvalue weighted by molar-refractivity contribution is 5.78. The Kier molecular flexibility index (Phi) is 2.86. The molecule has 80 valence electrons. The van der Waals surface area contributed by atoms with Crippen molar-refractivity contribution in [1.82, 2.24) is 15.0 Å². The first-order chi connectivity index (χ1) is 7.79. The molecule has 2 heterocycles. The van der Waals surface area contributed by atoms with Crippen LogP contribution in [-0.4, -0.2) is 26.0 Å². The van der Waals surface area contributed by atoms with Gasteiger partial charge in [0.25, 0.3) is 0 Å². The fourth-order valence-corrected chi connectivity index (χ4v) is 1.38. The van der Waals surface area contributed by atoms with Crippen LogP contribution in [0.5, 0.6) is 0 Å². The Hall–Kier alpha value is -2.30. The van der Waals surface area contributed by atoms with E-state index in [9.17, 15) is 4.79 Å². The summed E-state index contributed by atoms with van der Waals surface area (Å²) in [6.45, 7) is 0. The molecule has 0 spiro atoms. The van der Waals surface area contributed by atoms with Gasteiger partial charge in [0.15, 0.2) is 5.92 Å². The molecule has 16 heavy (non-hydrogen) atoms. The highest BCUT2D eigenvalue weighted by atomic mass is 16.4. The van der Waals surface area contributed by atoms with Gasteiger partial charge in [-0.3, -0.25) is 9.78 Å². The topological polar surface area (TPSA) is 76.0 Å². The van der Waals surface area contributed by atoms with Crippen LogP contribution in [0.15, 0.2) is 42.9 Å². The number of aromatic nitrogens is 3. The van der Waals surface area contributed by atoms with E-state index in [4.69, 9.17) is 5.11 Å². The number of hydrogen-bond donors (Lipinski definition) is 1. The Balaban J connectivity index is 2.44. The van der Waals surface area contributed by atoms with Crippen molar-refractivity contribution in [3.8, 4) is 0 Å². The number of nitrogens with zero attached hydrogens (tertiary/aromatic N) is 3. The second kappa shape index (κ2) is 4.48. The van der Waals surface area contributed by atoms with Crippen molar-refractivity contribution in [3.63, 3.8) is 0 Å². The minimum atomic E-state index is -1.01. The second-order valence-electron chi connectivity index (χ2n) is 3.13. The number of carboxylic acid groups (broad SMARTS) is 1. The minimum Gasteiger partial charge on any atom is -0.480 e.